The van der Waals surface area contributed by atoms with Crippen LogP contribution in [-0.2, 0) is 0 Å². The molecule has 2 aromatic rings. The van der Waals surface area contributed by atoms with E-state index in [1.807, 2.05) is 12.1 Å². The zero-order chi connectivity index (χ0) is 19.1. The predicted molar refractivity (Wildman–Crippen MR) is 98.2 cm³/mol. The van der Waals surface area contributed by atoms with Crippen molar-refractivity contribution in [2.24, 2.45) is 11.5 Å². The fourth-order valence-electron chi connectivity index (χ4n) is 1.86. The summed E-state index contributed by atoms with van der Waals surface area (Å²) in [6.07, 6.45) is 0. The van der Waals surface area contributed by atoms with Gasteiger partial charge in [0.05, 0.1) is 10.1 Å². The minimum atomic E-state index is -0.506. The van der Waals surface area contributed by atoms with Gasteiger partial charge in [0.1, 0.15) is 34.9 Å². The average molecular weight is 386 g/mol. The number of thioether (sulfide) groups is 2. The van der Waals surface area contributed by atoms with Crippen molar-refractivity contribution in [3.8, 4) is 12.1 Å². The number of nitriles is 2. The number of benzene rings is 2. The van der Waals surface area contributed by atoms with Crippen LogP contribution in [0.2, 0.25) is 0 Å². The fraction of sp³-hybridized carbons (Fsp3) is 0. The highest BCUT2D eigenvalue weighted by atomic mass is 32.2. The van der Waals surface area contributed by atoms with E-state index < -0.39 is 11.6 Å². The summed E-state index contributed by atoms with van der Waals surface area (Å²) in [4.78, 5) is 0.408. The maximum absolute atomic E-state index is 13.8. The highest BCUT2D eigenvalue weighted by molar-refractivity contribution is 8.03. The Hall–Kier alpha value is -2.94. The van der Waals surface area contributed by atoms with Crippen LogP contribution in [0.15, 0.2) is 79.5 Å². The summed E-state index contributed by atoms with van der Waals surface area (Å²) < 4.78 is 27.5. The zero-order valence-electron chi connectivity index (χ0n) is 13.2. The van der Waals surface area contributed by atoms with Crippen molar-refractivity contribution in [1.29, 1.82) is 10.5 Å². The lowest BCUT2D eigenvalue weighted by Gasteiger charge is -2.09. The molecule has 2 aromatic carbocycles. The highest BCUT2D eigenvalue weighted by Gasteiger charge is 2.17. The summed E-state index contributed by atoms with van der Waals surface area (Å²) in [5.74, 6) is -1.01. The number of nitrogens with zero attached hydrogens (tertiary/aromatic N) is 2. The Bertz CT molecular complexity index is 892. The Kier molecular flexibility index (Phi) is 6.67. The third kappa shape index (κ3) is 4.57. The van der Waals surface area contributed by atoms with E-state index in [-0.39, 0.29) is 31.0 Å². The van der Waals surface area contributed by atoms with Crippen LogP contribution >= 0.6 is 23.5 Å². The second-order valence-corrected chi connectivity index (χ2v) is 6.93. The fourth-order valence-corrected chi connectivity index (χ4v) is 3.46. The first kappa shape index (κ1) is 19.4. The molecule has 0 radical (unpaired) electrons. The van der Waals surface area contributed by atoms with Crippen molar-refractivity contribution in [1.82, 2.24) is 0 Å². The summed E-state index contributed by atoms with van der Waals surface area (Å²) in [6.45, 7) is 0. The van der Waals surface area contributed by atoms with Crippen LogP contribution in [0.3, 0.4) is 0 Å². The Labute approximate surface area is 157 Å². The summed E-state index contributed by atoms with van der Waals surface area (Å²) in [7, 11) is 0. The van der Waals surface area contributed by atoms with Gasteiger partial charge in [-0.05, 0) is 24.3 Å². The third-order valence-corrected chi connectivity index (χ3v) is 5.03. The van der Waals surface area contributed by atoms with Gasteiger partial charge in [-0.15, -0.1) is 0 Å². The van der Waals surface area contributed by atoms with Crippen LogP contribution in [0.4, 0.5) is 8.78 Å². The second kappa shape index (κ2) is 8.95. The van der Waals surface area contributed by atoms with Crippen molar-refractivity contribution in [3.05, 3.63) is 81.4 Å². The molecule has 0 atom stereocenters. The molecule has 2 rings (SSSR count). The maximum Gasteiger partial charge on any atom is 0.137 e. The topological polar surface area (TPSA) is 99.6 Å². The Morgan fingerprint density at radius 2 is 1.08 bits per heavy atom. The van der Waals surface area contributed by atoms with E-state index in [1.165, 1.54) is 36.4 Å². The molecule has 0 aliphatic rings. The van der Waals surface area contributed by atoms with Crippen molar-refractivity contribution >= 4 is 23.5 Å². The first-order valence-corrected chi connectivity index (χ1v) is 8.76. The SMILES string of the molecule is N#CC(=C(/N)Sc1ccccc1F)/C(C#N)=C(\N)Sc1ccccc1F. The molecule has 0 aliphatic carbocycles. The number of hydrogen-bond donors (Lipinski definition) is 2. The third-order valence-electron chi connectivity index (χ3n) is 3.08. The smallest absolute Gasteiger partial charge is 0.137 e. The van der Waals surface area contributed by atoms with Gasteiger partial charge in [0, 0.05) is 9.79 Å². The normalized spacial score (nSPS) is 12.5. The quantitative estimate of drug-likeness (QED) is 0.453. The number of hydrogen-bond acceptors (Lipinski definition) is 6. The van der Waals surface area contributed by atoms with E-state index in [4.69, 9.17) is 11.5 Å². The molecule has 0 amide bonds. The van der Waals surface area contributed by atoms with Crippen molar-refractivity contribution in [3.63, 3.8) is 0 Å². The van der Waals surface area contributed by atoms with Crippen LogP contribution in [0.1, 0.15) is 0 Å². The lowest BCUT2D eigenvalue weighted by atomic mass is 10.1. The number of nitrogens with two attached hydrogens (primary N) is 2. The summed E-state index contributed by atoms with van der Waals surface area (Å²) in [5, 5.41) is 18.6. The minimum absolute atomic E-state index is 0.0776. The summed E-state index contributed by atoms with van der Waals surface area (Å²) >= 11 is 1.62. The van der Waals surface area contributed by atoms with Gasteiger partial charge >= 0.3 is 0 Å². The molecule has 0 unspecified atom stereocenters. The number of rotatable bonds is 5. The summed E-state index contributed by atoms with van der Waals surface area (Å²) in [6, 6.07) is 15.4. The molecule has 0 heterocycles. The van der Waals surface area contributed by atoms with Crippen LogP contribution < -0.4 is 11.5 Å². The first-order chi connectivity index (χ1) is 12.5. The Morgan fingerprint density at radius 1 is 0.731 bits per heavy atom. The predicted octanol–water partition coefficient (Wildman–Crippen LogP) is 4.24. The van der Waals surface area contributed by atoms with Gasteiger partial charge in [0.2, 0.25) is 0 Å². The molecule has 8 heteroatoms. The number of allylic oxidation sites excluding steroid dienone is 2. The zero-order valence-corrected chi connectivity index (χ0v) is 14.9. The molecule has 0 aromatic heterocycles. The van der Waals surface area contributed by atoms with Gasteiger partial charge < -0.3 is 11.5 Å². The highest BCUT2D eigenvalue weighted by Crippen LogP contribution is 2.33. The van der Waals surface area contributed by atoms with E-state index in [1.54, 1.807) is 12.1 Å². The molecule has 4 N–H and O–H groups in total. The largest absolute Gasteiger partial charge is 0.392 e. The van der Waals surface area contributed by atoms with Gasteiger partial charge in [-0.25, -0.2) is 8.78 Å². The monoisotopic (exact) mass is 386 g/mol. The molecule has 0 saturated carbocycles. The summed E-state index contributed by atoms with van der Waals surface area (Å²) in [5.41, 5.74) is 11.4. The van der Waals surface area contributed by atoms with Crippen LogP contribution in [0, 0.1) is 34.3 Å². The van der Waals surface area contributed by atoms with E-state index >= 15 is 0 Å². The molecule has 0 saturated heterocycles. The molecule has 130 valence electrons. The number of halogens is 2. The van der Waals surface area contributed by atoms with Gasteiger partial charge in [-0.2, -0.15) is 10.5 Å². The molecule has 4 nitrogen and oxygen atoms in total. The van der Waals surface area contributed by atoms with Gasteiger partial charge in [0.15, 0.2) is 0 Å². The molecule has 0 fully saturated rings. The van der Waals surface area contributed by atoms with Gasteiger partial charge in [-0.3, -0.25) is 0 Å². The minimum Gasteiger partial charge on any atom is -0.392 e. The van der Waals surface area contributed by atoms with Crippen LogP contribution in [-0.4, -0.2) is 0 Å². The molecule has 0 aliphatic heterocycles. The van der Waals surface area contributed by atoms with Gasteiger partial charge in [-0.1, -0.05) is 47.8 Å². The average Bonchev–Trinajstić information content (AvgIpc) is 2.63. The van der Waals surface area contributed by atoms with Crippen LogP contribution in [0.25, 0.3) is 0 Å². The van der Waals surface area contributed by atoms with E-state index in [0.717, 1.165) is 23.5 Å². The van der Waals surface area contributed by atoms with Crippen molar-refractivity contribution in [2.45, 2.75) is 9.79 Å². The lowest BCUT2D eigenvalue weighted by Crippen LogP contribution is -2.05. The first-order valence-electron chi connectivity index (χ1n) is 7.12. The van der Waals surface area contributed by atoms with E-state index in [0.29, 0.717) is 0 Å². The lowest BCUT2D eigenvalue weighted by molar-refractivity contribution is 0.602. The molecule has 0 spiro atoms. The van der Waals surface area contributed by atoms with E-state index in [9.17, 15) is 19.3 Å². The maximum atomic E-state index is 13.8. The molecular weight excluding hydrogens is 374 g/mol. The van der Waals surface area contributed by atoms with Gasteiger partial charge in [0.25, 0.3) is 0 Å². The standard InChI is InChI=1S/C18H12F2N4S2/c19-13-5-1-3-7-15(13)25-17(23)11(9-21)12(10-22)18(24)26-16-8-4-2-6-14(16)20/h1-8H,23-24H2/b17-11+,18-12+. The van der Waals surface area contributed by atoms with Crippen LogP contribution in [0.5, 0.6) is 0 Å². The molecule has 0 bridgehead atoms. The molecule has 26 heavy (non-hydrogen) atoms. The molecular formula is C18H12F2N4S2. The van der Waals surface area contributed by atoms with E-state index in [2.05, 4.69) is 0 Å². The van der Waals surface area contributed by atoms with Crippen molar-refractivity contribution in [2.75, 3.05) is 0 Å². The Morgan fingerprint density at radius 3 is 1.38 bits per heavy atom. The van der Waals surface area contributed by atoms with Crippen molar-refractivity contribution < 1.29 is 8.78 Å². The Balaban J connectivity index is 2.42. The second-order valence-electron chi connectivity index (χ2n) is 4.77.